The number of rotatable bonds is 6. The molecule has 7 aromatic carbocycles. The van der Waals surface area contributed by atoms with E-state index in [4.69, 9.17) is 0 Å². The Balaban J connectivity index is 0.000000155. The SMILES string of the molecule is CC1=CCC=C(N(c2cccc(C)c2)c2cccc3ccccc23)C=C1.c1ccc(N(c2ccccc2)c2cccc3ccccc23)cc1. The Morgan fingerprint density at radius 2 is 0.898 bits per heavy atom. The quantitative estimate of drug-likeness (QED) is 0.180. The van der Waals surface area contributed by atoms with Crippen LogP contribution in [0.3, 0.4) is 0 Å². The van der Waals surface area contributed by atoms with Crippen LogP contribution in [-0.4, -0.2) is 0 Å². The van der Waals surface area contributed by atoms with Gasteiger partial charge in [-0.2, -0.15) is 0 Å². The summed E-state index contributed by atoms with van der Waals surface area (Å²) < 4.78 is 0. The molecule has 7 aromatic rings. The third kappa shape index (κ3) is 7.10. The van der Waals surface area contributed by atoms with E-state index in [9.17, 15) is 0 Å². The van der Waals surface area contributed by atoms with E-state index in [2.05, 4.69) is 218 Å². The summed E-state index contributed by atoms with van der Waals surface area (Å²) in [6.07, 6.45) is 9.94. The Morgan fingerprint density at radius 1 is 0.408 bits per heavy atom. The average Bonchev–Trinajstić information content (AvgIpc) is 3.37. The van der Waals surface area contributed by atoms with Crippen LogP contribution in [0.5, 0.6) is 0 Å². The maximum atomic E-state index is 2.37. The standard InChI is InChI=1S/C25H23N.C22H17N/c1-19-8-5-12-22(17-16-19)26(23-13-6-9-20(2)18-23)25-15-7-11-21-10-3-4-14-24(21)25;1-3-12-19(13-4-1)23(20-14-5-2-6-15-20)22-17-9-11-18-10-7-8-16-21(18)22/h3-4,6-18H,5H2,1-2H3;1-17H. The Bertz CT molecular complexity index is 2230. The molecule has 0 bridgehead atoms. The van der Waals surface area contributed by atoms with Crippen molar-refractivity contribution in [2.24, 2.45) is 0 Å². The number of hydrogen-bond acceptors (Lipinski definition) is 2. The van der Waals surface area contributed by atoms with Crippen LogP contribution < -0.4 is 9.80 Å². The molecule has 1 aliphatic rings. The summed E-state index contributed by atoms with van der Waals surface area (Å²) in [6, 6.07) is 59.9. The molecule has 0 saturated heterocycles. The van der Waals surface area contributed by atoms with E-state index in [0.717, 1.165) is 17.8 Å². The van der Waals surface area contributed by atoms with Gasteiger partial charge in [-0.1, -0.05) is 145 Å². The fourth-order valence-corrected chi connectivity index (χ4v) is 6.47. The van der Waals surface area contributed by atoms with Crippen molar-refractivity contribution in [3.05, 3.63) is 211 Å². The molecular formula is C47H40N2. The summed E-state index contributed by atoms with van der Waals surface area (Å²) in [6.45, 7) is 4.30. The summed E-state index contributed by atoms with van der Waals surface area (Å²) >= 11 is 0. The highest BCUT2D eigenvalue weighted by atomic mass is 15.2. The first-order valence-electron chi connectivity index (χ1n) is 16.9. The fourth-order valence-electron chi connectivity index (χ4n) is 6.47. The van der Waals surface area contributed by atoms with Gasteiger partial charge >= 0.3 is 0 Å². The average molecular weight is 633 g/mol. The molecule has 0 unspecified atom stereocenters. The smallest absolute Gasteiger partial charge is 0.0540 e. The van der Waals surface area contributed by atoms with Gasteiger partial charge in [-0.3, -0.25) is 0 Å². The number of aryl methyl sites for hydroxylation is 1. The van der Waals surface area contributed by atoms with Gasteiger partial charge in [0, 0.05) is 33.5 Å². The van der Waals surface area contributed by atoms with E-state index < -0.39 is 0 Å². The number of hydrogen-bond donors (Lipinski definition) is 0. The zero-order valence-electron chi connectivity index (χ0n) is 28.1. The molecule has 1 aliphatic carbocycles. The van der Waals surface area contributed by atoms with E-state index in [-0.39, 0.29) is 0 Å². The minimum Gasteiger partial charge on any atom is -0.310 e. The van der Waals surface area contributed by atoms with Crippen LogP contribution in [0.4, 0.5) is 28.4 Å². The highest BCUT2D eigenvalue weighted by molar-refractivity contribution is 5.99. The maximum absolute atomic E-state index is 2.37. The van der Waals surface area contributed by atoms with Gasteiger partial charge in [0.15, 0.2) is 0 Å². The molecule has 8 rings (SSSR count). The summed E-state index contributed by atoms with van der Waals surface area (Å²) in [5.74, 6) is 0. The Hall–Kier alpha value is -6.12. The predicted molar refractivity (Wildman–Crippen MR) is 211 cm³/mol. The normalized spacial score (nSPS) is 12.4. The van der Waals surface area contributed by atoms with Crippen LogP contribution in [-0.2, 0) is 0 Å². The number of para-hydroxylation sites is 2. The number of fused-ring (bicyclic) bond motifs is 2. The molecule has 0 aliphatic heterocycles. The first kappa shape index (κ1) is 31.5. The zero-order chi connectivity index (χ0) is 33.4. The van der Waals surface area contributed by atoms with Crippen molar-refractivity contribution in [2.75, 3.05) is 9.80 Å². The predicted octanol–water partition coefficient (Wildman–Crippen LogP) is 13.4. The molecule has 0 radical (unpaired) electrons. The minimum absolute atomic E-state index is 0.946. The lowest BCUT2D eigenvalue weighted by atomic mass is 10.1. The maximum Gasteiger partial charge on any atom is 0.0540 e. The lowest BCUT2D eigenvalue weighted by molar-refractivity contribution is 1.19. The first-order chi connectivity index (χ1) is 24.2. The van der Waals surface area contributed by atoms with Crippen molar-refractivity contribution in [3.63, 3.8) is 0 Å². The zero-order valence-corrected chi connectivity index (χ0v) is 28.1. The fraction of sp³-hybridized carbons (Fsp3) is 0.0638. The van der Waals surface area contributed by atoms with Crippen LogP contribution >= 0.6 is 0 Å². The Kier molecular flexibility index (Phi) is 9.48. The highest BCUT2D eigenvalue weighted by Crippen LogP contribution is 2.39. The van der Waals surface area contributed by atoms with Crippen LogP contribution in [0.25, 0.3) is 21.5 Å². The second-order valence-electron chi connectivity index (χ2n) is 12.3. The third-order valence-electron chi connectivity index (χ3n) is 8.85. The lowest BCUT2D eigenvalue weighted by Crippen LogP contribution is -2.15. The van der Waals surface area contributed by atoms with E-state index in [1.165, 1.54) is 55.4 Å². The molecule has 49 heavy (non-hydrogen) atoms. The summed E-state index contributed by atoms with van der Waals surface area (Å²) in [4.78, 5) is 4.68. The highest BCUT2D eigenvalue weighted by Gasteiger charge is 2.17. The van der Waals surface area contributed by atoms with Gasteiger partial charge in [0.05, 0.1) is 11.4 Å². The second kappa shape index (κ2) is 14.8. The molecule has 0 N–H and O–H groups in total. The van der Waals surface area contributed by atoms with Crippen molar-refractivity contribution in [3.8, 4) is 0 Å². The topological polar surface area (TPSA) is 6.48 Å². The van der Waals surface area contributed by atoms with E-state index >= 15 is 0 Å². The van der Waals surface area contributed by atoms with E-state index in [1.807, 2.05) is 0 Å². The van der Waals surface area contributed by atoms with Crippen LogP contribution in [0, 0.1) is 6.92 Å². The molecule has 0 heterocycles. The molecule has 2 nitrogen and oxygen atoms in total. The monoisotopic (exact) mass is 632 g/mol. The van der Waals surface area contributed by atoms with Crippen LogP contribution in [0.1, 0.15) is 18.9 Å². The van der Waals surface area contributed by atoms with E-state index in [1.54, 1.807) is 0 Å². The Labute approximate surface area is 290 Å². The van der Waals surface area contributed by atoms with Crippen LogP contribution in [0.2, 0.25) is 0 Å². The number of allylic oxidation sites excluding steroid dienone is 5. The summed E-state index contributed by atoms with van der Waals surface area (Å²) in [5.41, 5.74) is 9.70. The first-order valence-corrected chi connectivity index (χ1v) is 16.9. The van der Waals surface area contributed by atoms with Crippen molar-refractivity contribution in [1.29, 1.82) is 0 Å². The summed E-state index contributed by atoms with van der Waals surface area (Å²) in [5, 5.41) is 5.03. The van der Waals surface area contributed by atoms with Gasteiger partial charge < -0.3 is 9.80 Å². The lowest BCUT2D eigenvalue weighted by Gasteiger charge is -2.28. The van der Waals surface area contributed by atoms with Gasteiger partial charge in [-0.05, 0) is 91.2 Å². The number of anilines is 5. The van der Waals surface area contributed by atoms with Gasteiger partial charge in [0.2, 0.25) is 0 Å². The third-order valence-corrected chi connectivity index (χ3v) is 8.85. The second-order valence-corrected chi connectivity index (χ2v) is 12.3. The molecule has 2 heteroatoms. The molecule has 0 aromatic heterocycles. The van der Waals surface area contributed by atoms with Crippen molar-refractivity contribution >= 4 is 50.0 Å². The van der Waals surface area contributed by atoms with Crippen LogP contribution in [0.15, 0.2) is 205 Å². The number of nitrogens with zero attached hydrogens (tertiary/aromatic N) is 2. The minimum atomic E-state index is 0.946. The van der Waals surface area contributed by atoms with Crippen molar-refractivity contribution in [1.82, 2.24) is 0 Å². The largest absolute Gasteiger partial charge is 0.310 e. The van der Waals surface area contributed by atoms with E-state index in [0.29, 0.717) is 0 Å². The van der Waals surface area contributed by atoms with Crippen molar-refractivity contribution < 1.29 is 0 Å². The Morgan fingerprint density at radius 3 is 1.49 bits per heavy atom. The van der Waals surface area contributed by atoms with Gasteiger partial charge in [-0.25, -0.2) is 0 Å². The summed E-state index contributed by atoms with van der Waals surface area (Å²) in [7, 11) is 0. The van der Waals surface area contributed by atoms with Gasteiger partial charge in [0.25, 0.3) is 0 Å². The van der Waals surface area contributed by atoms with Gasteiger partial charge in [0.1, 0.15) is 0 Å². The molecule has 0 saturated carbocycles. The molecule has 0 fully saturated rings. The molecule has 238 valence electrons. The molecule has 0 atom stereocenters. The number of benzene rings is 7. The molecule has 0 amide bonds. The molecule has 0 spiro atoms. The molecular weight excluding hydrogens is 593 g/mol. The van der Waals surface area contributed by atoms with Crippen molar-refractivity contribution in [2.45, 2.75) is 20.3 Å². The van der Waals surface area contributed by atoms with Gasteiger partial charge in [-0.15, -0.1) is 0 Å².